The van der Waals surface area contributed by atoms with Crippen molar-refractivity contribution in [1.29, 1.82) is 0 Å². The van der Waals surface area contributed by atoms with Gasteiger partial charge in [-0.05, 0) is 61.7 Å². The van der Waals surface area contributed by atoms with E-state index in [0.717, 1.165) is 24.4 Å². The van der Waals surface area contributed by atoms with Gasteiger partial charge in [0.05, 0.1) is 0 Å². The van der Waals surface area contributed by atoms with Gasteiger partial charge in [0.2, 0.25) is 0 Å². The number of benzene rings is 1. The molecule has 2 atom stereocenters. The molecule has 0 amide bonds. The maximum atomic E-state index is 3.92. The van der Waals surface area contributed by atoms with Crippen LogP contribution in [-0.4, -0.2) is 37.1 Å². The van der Waals surface area contributed by atoms with Gasteiger partial charge in [-0.1, -0.05) is 38.1 Å². The molecule has 2 bridgehead atoms. The summed E-state index contributed by atoms with van der Waals surface area (Å²) >= 11 is 0. The lowest BCUT2D eigenvalue weighted by Crippen LogP contribution is -2.42. The number of nitrogens with zero attached hydrogens (tertiary/aromatic N) is 1. The Morgan fingerprint density at radius 3 is 2.10 bits per heavy atom. The van der Waals surface area contributed by atoms with E-state index >= 15 is 0 Å². The molecule has 2 unspecified atom stereocenters. The molecule has 1 saturated carbocycles. The predicted octanol–water partition coefficient (Wildman–Crippen LogP) is 3.11. The minimum absolute atomic E-state index is 0.743. The highest BCUT2D eigenvalue weighted by atomic mass is 15.1. The van der Waals surface area contributed by atoms with E-state index in [1.165, 1.54) is 45.3 Å². The van der Waals surface area contributed by atoms with Crippen molar-refractivity contribution in [3.63, 3.8) is 0 Å². The Labute approximate surface area is 129 Å². The summed E-state index contributed by atoms with van der Waals surface area (Å²) < 4.78 is 0. The van der Waals surface area contributed by atoms with Gasteiger partial charge in [0.15, 0.2) is 0 Å². The highest BCUT2D eigenvalue weighted by Gasteiger charge is 2.38. The average molecular weight is 286 g/mol. The molecule has 2 aliphatic rings. The fourth-order valence-electron chi connectivity index (χ4n) is 4.41. The van der Waals surface area contributed by atoms with Crippen molar-refractivity contribution in [3.05, 3.63) is 35.4 Å². The molecule has 2 nitrogen and oxygen atoms in total. The predicted molar refractivity (Wildman–Crippen MR) is 89.6 cm³/mol. The lowest BCUT2D eigenvalue weighted by atomic mass is 9.94. The molecular weight excluding hydrogens is 256 g/mol. The van der Waals surface area contributed by atoms with Crippen molar-refractivity contribution >= 4 is 0 Å². The number of rotatable bonds is 6. The first-order chi connectivity index (χ1) is 10.3. The van der Waals surface area contributed by atoms with E-state index in [1.807, 2.05) is 0 Å². The van der Waals surface area contributed by atoms with Gasteiger partial charge in [0.1, 0.15) is 0 Å². The third-order valence-electron chi connectivity index (χ3n) is 5.71. The van der Waals surface area contributed by atoms with Crippen LogP contribution in [0.2, 0.25) is 0 Å². The number of hydrogen-bond acceptors (Lipinski definition) is 2. The molecule has 0 saturated heterocycles. The van der Waals surface area contributed by atoms with E-state index in [4.69, 9.17) is 0 Å². The van der Waals surface area contributed by atoms with Crippen molar-refractivity contribution in [3.8, 4) is 0 Å². The maximum Gasteiger partial charge on any atom is 0.0130 e. The Morgan fingerprint density at radius 2 is 1.57 bits per heavy atom. The number of fused-ring (bicyclic) bond motifs is 3. The summed E-state index contributed by atoms with van der Waals surface area (Å²) in [7, 11) is 0. The Balaban J connectivity index is 1.61. The van der Waals surface area contributed by atoms with Gasteiger partial charge in [-0.3, -0.25) is 0 Å². The van der Waals surface area contributed by atoms with Crippen LogP contribution in [-0.2, 0) is 12.8 Å². The van der Waals surface area contributed by atoms with Gasteiger partial charge >= 0.3 is 0 Å². The van der Waals surface area contributed by atoms with E-state index in [0.29, 0.717) is 0 Å². The number of nitrogens with one attached hydrogen (secondary N) is 1. The Kier molecular flexibility index (Phi) is 4.97. The van der Waals surface area contributed by atoms with E-state index in [2.05, 4.69) is 48.3 Å². The van der Waals surface area contributed by atoms with Crippen LogP contribution in [0.1, 0.15) is 37.8 Å². The van der Waals surface area contributed by atoms with Crippen molar-refractivity contribution in [1.82, 2.24) is 10.2 Å². The molecule has 116 valence electrons. The van der Waals surface area contributed by atoms with Gasteiger partial charge < -0.3 is 10.2 Å². The molecule has 1 N–H and O–H groups in total. The zero-order valence-electron chi connectivity index (χ0n) is 13.6. The Bertz CT molecular complexity index is 420. The summed E-state index contributed by atoms with van der Waals surface area (Å²) in [6.45, 7) is 9.19. The Morgan fingerprint density at radius 1 is 1.00 bits per heavy atom. The minimum Gasteiger partial charge on any atom is -0.312 e. The lowest BCUT2D eigenvalue weighted by molar-refractivity contribution is 0.274. The second-order valence-electron chi connectivity index (χ2n) is 6.78. The maximum absolute atomic E-state index is 3.92. The quantitative estimate of drug-likeness (QED) is 0.864. The average Bonchev–Trinajstić information content (AvgIpc) is 2.78. The van der Waals surface area contributed by atoms with Crippen LogP contribution in [0.5, 0.6) is 0 Å². The summed E-state index contributed by atoms with van der Waals surface area (Å²) in [4.78, 5) is 2.51. The van der Waals surface area contributed by atoms with Crippen molar-refractivity contribution in [2.45, 2.75) is 45.6 Å². The van der Waals surface area contributed by atoms with Crippen LogP contribution >= 0.6 is 0 Å². The molecule has 2 heteroatoms. The molecule has 1 aromatic rings. The smallest absolute Gasteiger partial charge is 0.0130 e. The van der Waals surface area contributed by atoms with Gasteiger partial charge in [0, 0.05) is 19.1 Å². The summed E-state index contributed by atoms with van der Waals surface area (Å²) in [5.41, 5.74) is 3.22. The van der Waals surface area contributed by atoms with Crippen molar-refractivity contribution in [2.75, 3.05) is 26.2 Å². The van der Waals surface area contributed by atoms with Crippen LogP contribution < -0.4 is 5.32 Å². The summed E-state index contributed by atoms with van der Waals surface area (Å²) in [6.07, 6.45) is 5.41. The largest absolute Gasteiger partial charge is 0.312 e. The standard InChI is InChI=1S/C19H30N2/c1-3-21(4-2)12-11-20-19-17-9-10-18(19)14-16-8-6-5-7-15(16)13-17/h5-8,17-20H,3-4,9-14H2,1-2H3. The molecular formula is C19H30N2. The fourth-order valence-corrected chi connectivity index (χ4v) is 4.41. The van der Waals surface area contributed by atoms with Crippen LogP contribution in [0, 0.1) is 11.8 Å². The summed E-state index contributed by atoms with van der Waals surface area (Å²) in [6, 6.07) is 9.86. The third kappa shape index (κ3) is 3.32. The summed E-state index contributed by atoms with van der Waals surface area (Å²) in [5.74, 6) is 1.71. The molecule has 0 heterocycles. The van der Waals surface area contributed by atoms with Crippen LogP contribution in [0.4, 0.5) is 0 Å². The minimum atomic E-state index is 0.743. The van der Waals surface area contributed by atoms with Gasteiger partial charge in [0.25, 0.3) is 0 Å². The van der Waals surface area contributed by atoms with Crippen LogP contribution in [0.15, 0.2) is 24.3 Å². The topological polar surface area (TPSA) is 15.3 Å². The number of likely N-dealkylation sites (N-methyl/N-ethyl adjacent to an activating group) is 1. The zero-order chi connectivity index (χ0) is 14.7. The molecule has 21 heavy (non-hydrogen) atoms. The van der Waals surface area contributed by atoms with Crippen LogP contribution in [0.3, 0.4) is 0 Å². The van der Waals surface area contributed by atoms with E-state index in [-0.39, 0.29) is 0 Å². The highest BCUT2D eigenvalue weighted by molar-refractivity contribution is 5.30. The van der Waals surface area contributed by atoms with E-state index in [9.17, 15) is 0 Å². The Hall–Kier alpha value is -0.860. The molecule has 0 aliphatic heterocycles. The molecule has 1 fully saturated rings. The molecule has 1 aromatic carbocycles. The van der Waals surface area contributed by atoms with Crippen molar-refractivity contribution < 1.29 is 0 Å². The lowest BCUT2D eigenvalue weighted by Gasteiger charge is -2.26. The highest BCUT2D eigenvalue weighted by Crippen LogP contribution is 2.39. The van der Waals surface area contributed by atoms with Gasteiger partial charge in [-0.2, -0.15) is 0 Å². The normalized spacial score (nSPS) is 27.7. The zero-order valence-corrected chi connectivity index (χ0v) is 13.6. The van der Waals surface area contributed by atoms with Gasteiger partial charge in [-0.25, -0.2) is 0 Å². The molecule has 0 radical (unpaired) electrons. The van der Waals surface area contributed by atoms with Gasteiger partial charge in [-0.15, -0.1) is 0 Å². The first-order valence-corrected chi connectivity index (χ1v) is 8.84. The van der Waals surface area contributed by atoms with E-state index < -0.39 is 0 Å². The fraction of sp³-hybridized carbons (Fsp3) is 0.684. The molecule has 0 aromatic heterocycles. The second kappa shape index (κ2) is 6.93. The molecule has 2 aliphatic carbocycles. The van der Waals surface area contributed by atoms with E-state index in [1.54, 1.807) is 11.1 Å². The molecule has 3 rings (SSSR count). The van der Waals surface area contributed by atoms with Crippen molar-refractivity contribution in [2.24, 2.45) is 11.8 Å². The number of hydrogen-bond donors (Lipinski definition) is 1. The third-order valence-corrected chi connectivity index (χ3v) is 5.71. The SMILES string of the molecule is CCN(CC)CCNC1C2CCC1Cc1ccccc1C2. The monoisotopic (exact) mass is 286 g/mol. The first kappa shape index (κ1) is 15.1. The summed E-state index contributed by atoms with van der Waals surface area (Å²) in [5, 5.41) is 3.92. The molecule has 0 spiro atoms. The second-order valence-corrected chi connectivity index (χ2v) is 6.78. The van der Waals surface area contributed by atoms with Crippen LogP contribution in [0.25, 0.3) is 0 Å². The first-order valence-electron chi connectivity index (χ1n) is 8.84.